The molecule has 1 fully saturated rings. The highest BCUT2D eigenvalue weighted by molar-refractivity contribution is 6.35. The second-order valence-electron chi connectivity index (χ2n) is 7.73. The lowest BCUT2D eigenvalue weighted by Gasteiger charge is -2.14. The molecule has 0 unspecified atom stereocenters. The molecule has 1 aliphatic rings. The van der Waals surface area contributed by atoms with Crippen LogP contribution < -0.4 is 16.6 Å². The Morgan fingerprint density at radius 1 is 1.28 bits per heavy atom. The average Bonchev–Trinajstić information content (AvgIpc) is 3.51. The smallest absolute Gasteiger partial charge is 0.265 e. The fraction of sp³-hybridized carbons (Fsp3) is 0.333. The first kappa shape index (κ1) is 20.4. The van der Waals surface area contributed by atoms with Crippen LogP contribution in [-0.4, -0.2) is 36.2 Å². The second kappa shape index (κ2) is 8.19. The number of nitrogens with two attached hydrogens (primary N) is 1. The van der Waals surface area contributed by atoms with E-state index in [0.717, 1.165) is 25.1 Å². The van der Waals surface area contributed by atoms with E-state index in [1.54, 1.807) is 13.0 Å². The number of benzene rings is 1. The molecule has 11 heteroatoms. The van der Waals surface area contributed by atoms with Crippen LogP contribution in [0.3, 0.4) is 0 Å². The van der Waals surface area contributed by atoms with Gasteiger partial charge in [-0.2, -0.15) is 4.98 Å². The Balaban J connectivity index is 1.36. The standard InChI is InChI=1S/C21H21ClN8O2/c1-11-27-20(32-29-11)17-18(23)25-10-26-19(17)24-9-3-6-15-28-14-5-2-4-13(22)16(14)21(31)30(15)12-7-8-12/h2,4-5,10,12H,3,6-9H2,1H3,(H3,23,24,25,26). The van der Waals surface area contributed by atoms with Crippen LogP contribution in [0.4, 0.5) is 11.6 Å². The largest absolute Gasteiger partial charge is 0.383 e. The molecule has 32 heavy (non-hydrogen) atoms. The molecule has 0 radical (unpaired) electrons. The number of hydrogen-bond acceptors (Lipinski definition) is 9. The number of nitrogen functional groups attached to an aromatic ring is 1. The van der Waals surface area contributed by atoms with Crippen molar-refractivity contribution in [3.63, 3.8) is 0 Å². The van der Waals surface area contributed by atoms with Crippen molar-refractivity contribution in [3.05, 3.63) is 51.6 Å². The zero-order chi connectivity index (χ0) is 22.2. The van der Waals surface area contributed by atoms with Gasteiger partial charge >= 0.3 is 0 Å². The Morgan fingerprint density at radius 2 is 2.12 bits per heavy atom. The molecule has 3 heterocycles. The molecular formula is C21H21ClN8O2. The maximum Gasteiger partial charge on any atom is 0.265 e. The summed E-state index contributed by atoms with van der Waals surface area (Å²) in [6, 6.07) is 5.56. The number of hydrogen-bond donors (Lipinski definition) is 2. The van der Waals surface area contributed by atoms with E-state index in [2.05, 4.69) is 25.4 Å². The van der Waals surface area contributed by atoms with Crippen LogP contribution in [0.25, 0.3) is 22.4 Å². The van der Waals surface area contributed by atoms with Gasteiger partial charge in [-0.1, -0.05) is 22.8 Å². The van der Waals surface area contributed by atoms with Crippen molar-refractivity contribution in [2.24, 2.45) is 0 Å². The second-order valence-corrected chi connectivity index (χ2v) is 8.14. The summed E-state index contributed by atoms with van der Waals surface area (Å²) in [5.41, 5.74) is 7.05. The Morgan fingerprint density at radius 3 is 2.88 bits per heavy atom. The van der Waals surface area contributed by atoms with E-state index in [-0.39, 0.29) is 23.3 Å². The topological polar surface area (TPSA) is 138 Å². The minimum Gasteiger partial charge on any atom is -0.383 e. The van der Waals surface area contributed by atoms with Crippen molar-refractivity contribution in [1.82, 2.24) is 29.7 Å². The van der Waals surface area contributed by atoms with Gasteiger partial charge in [-0.3, -0.25) is 9.36 Å². The van der Waals surface area contributed by atoms with Gasteiger partial charge in [-0.05, 0) is 38.3 Å². The predicted molar refractivity (Wildman–Crippen MR) is 121 cm³/mol. The van der Waals surface area contributed by atoms with Crippen LogP contribution in [0.15, 0.2) is 33.8 Å². The molecule has 0 spiro atoms. The fourth-order valence-corrected chi connectivity index (χ4v) is 3.98. The van der Waals surface area contributed by atoms with E-state index in [0.29, 0.717) is 46.1 Å². The Kier molecular flexibility index (Phi) is 5.22. The maximum atomic E-state index is 13.1. The van der Waals surface area contributed by atoms with Gasteiger partial charge in [0.2, 0.25) is 0 Å². The van der Waals surface area contributed by atoms with Gasteiger partial charge in [0.15, 0.2) is 5.82 Å². The summed E-state index contributed by atoms with van der Waals surface area (Å²) < 4.78 is 7.05. The van der Waals surface area contributed by atoms with Crippen molar-refractivity contribution in [3.8, 4) is 11.5 Å². The lowest BCUT2D eigenvalue weighted by atomic mass is 10.2. The molecule has 5 rings (SSSR count). The van der Waals surface area contributed by atoms with Crippen LogP contribution >= 0.6 is 11.6 Å². The molecule has 0 aliphatic heterocycles. The molecule has 0 atom stereocenters. The summed E-state index contributed by atoms with van der Waals surface area (Å²) in [5, 5.41) is 7.99. The SMILES string of the molecule is Cc1noc(-c2c(N)ncnc2NCCCc2nc3cccc(Cl)c3c(=O)n2C2CC2)n1. The van der Waals surface area contributed by atoms with Crippen molar-refractivity contribution in [1.29, 1.82) is 0 Å². The van der Waals surface area contributed by atoms with Crippen LogP contribution in [0.1, 0.15) is 37.0 Å². The van der Waals surface area contributed by atoms with Crippen molar-refractivity contribution in [2.75, 3.05) is 17.6 Å². The summed E-state index contributed by atoms with van der Waals surface area (Å²) in [4.78, 5) is 30.4. The number of rotatable bonds is 7. The highest BCUT2D eigenvalue weighted by atomic mass is 35.5. The quantitative estimate of drug-likeness (QED) is 0.405. The number of nitrogens with one attached hydrogen (secondary N) is 1. The number of anilines is 2. The van der Waals surface area contributed by atoms with Gasteiger partial charge in [0.05, 0.1) is 15.9 Å². The van der Waals surface area contributed by atoms with Gasteiger partial charge in [0, 0.05) is 19.0 Å². The number of aryl methyl sites for hydroxylation is 2. The lowest BCUT2D eigenvalue weighted by molar-refractivity contribution is 0.425. The average molecular weight is 453 g/mol. The number of nitrogens with zero attached hydrogens (tertiary/aromatic N) is 6. The Hall–Kier alpha value is -3.53. The van der Waals surface area contributed by atoms with Gasteiger partial charge < -0.3 is 15.6 Å². The molecule has 0 bridgehead atoms. The van der Waals surface area contributed by atoms with Crippen molar-refractivity contribution >= 4 is 34.1 Å². The number of fused-ring (bicyclic) bond motifs is 1. The van der Waals surface area contributed by atoms with E-state index >= 15 is 0 Å². The van der Waals surface area contributed by atoms with Gasteiger partial charge in [-0.15, -0.1) is 0 Å². The Bertz CT molecular complexity index is 1360. The minimum absolute atomic E-state index is 0.0660. The van der Waals surface area contributed by atoms with Crippen LogP contribution in [0, 0.1) is 6.92 Å². The molecule has 1 aromatic carbocycles. The van der Waals surface area contributed by atoms with Crippen LogP contribution in [-0.2, 0) is 6.42 Å². The molecule has 0 saturated heterocycles. The highest BCUT2D eigenvalue weighted by Gasteiger charge is 2.28. The highest BCUT2D eigenvalue weighted by Crippen LogP contribution is 2.35. The third-order valence-electron chi connectivity index (χ3n) is 5.35. The first-order valence-corrected chi connectivity index (χ1v) is 10.8. The predicted octanol–water partition coefficient (Wildman–Crippen LogP) is 3.16. The molecule has 3 N–H and O–H groups in total. The first-order valence-electron chi connectivity index (χ1n) is 10.4. The fourth-order valence-electron chi connectivity index (χ4n) is 3.73. The molecule has 4 aromatic rings. The third kappa shape index (κ3) is 3.77. The van der Waals surface area contributed by atoms with Gasteiger partial charge in [0.1, 0.15) is 29.4 Å². The molecule has 1 aliphatic carbocycles. The summed E-state index contributed by atoms with van der Waals surface area (Å²) in [6.45, 7) is 2.30. The lowest BCUT2D eigenvalue weighted by Crippen LogP contribution is -2.25. The van der Waals surface area contributed by atoms with Gasteiger partial charge in [0.25, 0.3) is 11.4 Å². The molecule has 10 nitrogen and oxygen atoms in total. The van der Waals surface area contributed by atoms with E-state index < -0.39 is 0 Å². The van der Waals surface area contributed by atoms with Crippen molar-refractivity contribution in [2.45, 2.75) is 38.6 Å². The van der Waals surface area contributed by atoms with E-state index in [1.165, 1.54) is 6.33 Å². The van der Waals surface area contributed by atoms with E-state index in [1.807, 2.05) is 16.7 Å². The maximum absolute atomic E-state index is 13.1. The van der Waals surface area contributed by atoms with Crippen LogP contribution in [0.5, 0.6) is 0 Å². The normalized spacial score (nSPS) is 13.6. The molecule has 1 saturated carbocycles. The zero-order valence-electron chi connectivity index (χ0n) is 17.4. The first-order chi connectivity index (χ1) is 15.5. The zero-order valence-corrected chi connectivity index (χ0v) is 18.1. The molecular weight excluding hydrogens is 432 g/mol. The summed E-state index contributed by atoms with van der Waals surface area (Å²) in [5.74, 6) is 2.29. The summed E-state index contributed by atoms with van der Waals surface area (Å²) in [7, 11) is 0. The summed E-state index contributed by atoms with van der Waals surface area (Å²) >= 11 is 6.28. The minimum atomic E-state index is -0.0660. The molecule has 3 aromatic heterocycles. The summed E-state index contributed by atoms with van der Waals surface area (Å²) in [6.07, 6.45) is 4.68. The number of halogens is 1. The van der Waals surface area contributed by atoms with Crippen molar-refractivity contribution < 1.29 is 4.52 Å². The molecule has 164 valence electrons. The third-order valence-corrected chi connectivity index (χ3v) is 5.67. The van der Waals surface area contributed by atoms with E-state index in [4.69, 9.17) is 26.8 Å². The number of aromatic nitrogens is 6. The monoisotopic (exact) mass is 452 g/mol. The van der Waals surface area contributed by atoms with E-state index in [9.17, 15) is 4.79 Å². The molecule has 0 amide bonds. The Labute approximate surface area is 187 Å². The van der Waals surface area contributed by atoms with Crippen LogP contribution in [0.2, 0.25) is 5.02 Å². The van der Waals surface area contributed by atoms with Gasteiger partial charge in [-0.25, -0.2) is 15.0 Å².